The number of hydrogen-bond donors (Lipinski definition) is 2. The Labute approximate surface area is 118 Å². The molecule has 1 amide bonds. The van der Waals surface area contributed by atoms with Gasteiger partial charge < -0.3 is 15.4 Å². The van der Waals surface area contributed by atoms with E-state index in [1.165, 1.54) is 6.20 Å². The lowest BCUT2D eigenvalue weighted by Crippen LogP contribution is -2.42. The molecule has 1 rings (SSSR count). The van der Waals surface area contributed by atoms with Crippen LogP contribution in [-0.4, -0.2) is 40.9 Å². The van der Waals surface area contributed by atoms with Crippen LogP contribution in [0.1, 0.15) is 36.8 Å². The number of nitrogens with zero attached hydrogens (tertiary/aromatic N) is 2. The molecule has 0 bridgehead atoms. The van der Waals surface area contributed by atoms with Crippen LogP contribution in [0.2, 0.25) is 0 Å². The van der Waals surface area contributed by atoms with Crippen LogP contribution in [0.25, 0.3) is 0 Å². The Hall–Kier alpha value is -1.89. The minimum atomic E-state index is -0.400. The first kappa shape index (κ1) is 16.2. The molecule has 1 aromatic rings. The van der Waals surface area contributed by atoms with Gasteiger partial charge in [0.2, 0.25) is 5.91 Å². The minimum absolute atomic E-state index is 0.0765. The Balaban J connectivity index is 2.70. The molecular formula is C13H22N4O3. The Kier molecular flexibility index (Phi) is 6.17. The van der Waals surface area contributed by atoms with E-state index < -0.39 is 5.97 Å². The van der Waals surface area contributed by atoms with Crippen LogP contribution < -0.4 is 10.6 Å². The first-order chi connectivity index (χ1) is 9.51. The summed E-state index contributed by atoms with van der Waals surface area (Å²) in [5.41, 5.74) is 1.12. The highest BCUT2D eigenvalue weighted by Crippen LogP contribution is 2.09. The van der Waals surface area contributed by atoms with Crippen molar-refractivity contribution in [1.82, 2.24) is 20.4 Å². The number of aromatic nitrogens is 2. The quantitative estimate of drug-likeness (QED) is 0.698. The topological polar surface area (TPSA) is 85.2 Å². The summed E-state index contributed by atoms with van der Waals surface area (Å²) >= 11 is 0. The zero-order valence-electron chi connectivity index (χ0n) is 12.4. The summed E-state index contributed by atoms with van der Waals surface area (Å²) in [4.78, 5) is 23.4. The number of carbonyl (C=O) groups is 2. The predicted octanol–water partition coefficient (Wildman–Crippen LogP) is 0.211. The maximum Gasteiger partial charge on any atom is 0.341 e. The number of nitrogens with one attached hydrogen (secondary N) is 2. The SMILES string of the molecule is CCNC(=O)C(C)NCc1c(C(=O)OCC)cnn1C. The number of esters is 1. The van der Waals surface area contributed by atoms with Crippen molar-refractivity contribution in [3.8, 4) is 0 Å². The molecule has 0 aliphatic heterocycles. The van der Waals surface area contributed by atoms with Crippen LogP contribution in [-0.2, 0) is 23.1 Å². The van der Waals surface area contributed by atoms with Gasteiger partial charge in [0.05, 0.1) is 24.5 Å². The van der Waals surface area contributed by atoms with Gasteiger partial charge in [-0.25, -0.2) is 4.79 Å². The van der Waals surface area contributed by atoms with Crippen molar-refractivity contribution in [1.29, 1.82) is 0 Å². The van der Waals surface area contributed by atoms with Gasteiger partial charge >= 0.3 is 5.97 Å². The van der Waals surface area contributed by atoms with Crippen molar-refractivity contribution in [2.75, 3.05) is 13.2 Å². The van der Waals surface area contributed by atoms with Gasteiger partial charge in [0.1, 0.15) is 5.56 Å². The Bertz CT molecular complexity index is 470. The van der Waals surface area contributed by atoms with E-state index in [0.29, 0.717) is 31.0 Å². The Morgan fingerprint density at radius 2 is 2.15 bits per heavy atom. The summed E-state index contributed by atoms with van der Waals surface area (Å²) in [5, 5.41) is 9.85. The highest BCUT2D eigenvalue weighted by atomic mass is 16.5. The molecule has 0 aliphatic carbocycles. The molecule has 1 aromatic heterocycles. The summed E-state index contributed by atoms with van der Waals surface area (Å²) in [6, 6.07) is -0.347. The van der Waals surface area contributed by atoms with Crippen molar-refractivity contribution < 1.29 is 14.3 Å². The Morgan fingerprint density at radius 1 is 1.45 bits per heavy atom. The van der Waals surface area contributed by atoms with Gasteiger partial charge in [-0.05, 0) is 20.8 Å². The lowest BCUT2D eigenvalue weighted by atomic mass is 10.2. The van der Waals surface area contributed by atoms with E-state index in [4.69, 9.17) is 4.74 Å². The normalized spacial score (nSPS) is 12.0. The fraction of sp³-hybridized carbons (Fsp3) is 0.615. The number of hydrogen-bond acceptors (Lipinski definition) is 5. The van der Waals surface area contributed by atoms with Crippen molar-refractivity contribution in [3.05, 3.63) is 17.5 Å². The van der Waals surface area contributed by atoms with Crippen molar-refractivity contribution >= 4 is 11.9 Å². The molecule has 7 heteroatoms. The molecule has 20 heavy (non-hydrogen) atoms. The number of rotatable bonds is 7. The third kappa shape index (κ3) is 4.06. The number of ether oxygens (including phenoxy) is 1. The van der Waals surface area contributed by atoms with Gasteiger partial charge in [0.15, 0.2) is 0 Å². The molecule has 2 N–H and O–H groups in total. The van der Waals surface area contributed by atoms with Crippen LogP contribution in [0.15, 0.2) is 6.20 Å². The average molecular weight is 282 g/mol. The third-order valence-corrected chi connectivity index (χ3v) is 2.88. The largest absolute Gasteiger partial charge is 0.462 e. The first-order valence-corrected chi connectivity index (χ1v) is 6.70. The van der Waals surface area contributed by atoms with E-state index in [-0.39, 0.29) is 11.9 Å². The highest BCUT2D eigenvalue weighted by molar-refractivity contribution is 5.90. The monoisotopic (exact) mass is 282 g/mol. The molecule has 0 saturated carbocycles. The lowest BCUT2D eigenvalue weighted by molar-refractivity contribution is -0.122. The smallest absolute Gasteiger partial charge is 0.341 e. The standard InChI is InChI=1S/C13H22N4O3/c1-5-14-12(18)9(3)15-8-11-10(7-16-17(11)4)13(19)20-6-2/h7,9,15H,5-6,8H2,1-4H3,(H,14,18). The van der Waals surface area contributed by atoms with Gasteiger partial charge in [-0.1, -0.05) is 0 Å². The summed E-state index contributed by atoms with van der Waals surface area (Å²) < 4.78 is 6.58. The molecular weight excluding hydrogens is 260 g/mol. The molecule has 1 atom stereocenters. The van der Waals surface area contributed by atoms with Gasteiger partial charge in [0, 0.05) is 20.1 Å². The molecule has 1 heterocycles. The molecule has 0 fully saturated rings. The molecule has 0 spiro atoms. The van der Waals surface area contributed by atoms with E-state index in [9.17, 15) is 9.59 Å². The summed E-state index contributed by atoms with van der Waals surface area (Å²) in [6.07, 6.45) is 1.48. The number of carbonyl (C=O) groups excluding carboxylic acids is 2. The zero-order valence-corrected chi connectivity index (χ0v) is 12.4. The van der Waals surface area contributed by atoms with Crippen molar-refractivity contribution in [3.63, 3.8) is 0 Å². The van der Waals surface area contributed by atoms with E-state index in [0.717, 1.165) is 0 Å². The van der Waals surface area contributed by atoms with Crippen molar-refractivity contribution in [2.24, 2.45) is 7.05 Å². The van der Waals surface area contributed by atoms with Crippen molar-refractivity contribution in [2.45, 2.75) is 33.4 Å². The second-order valence-electron chi connectivity index (χ2n) is 4.35. The third-order valence-electron chi connectivity index (χ3n) is 2.88. The molecule has 0 radical (unpaired) electrons. The molecule has 112 valence electrons. The Morgan fingerprint density at radius 3 is 2.75 bits per heavy atom. The lowest BCUT2D eigenvalue weighted by Gasteiger charge is -2.14. The number of amides is 1. The van der Waals surface area contributed by atoms with Crippen LogP contribution in [0.5, 0.6) is 0 Å². The summed E-state index contributed by atoms with van der Waals surface area (Å²) in [5.74, 6) is -0.476. The van der Waals surface area contributed by atoms with E-state index >= 15 is 0 Å². The maximum absolute atomic E-state index is 11.8. The highest BCUT2D eigenvalue weighted by Gasteiger charge is 2.18. The molecule has 0 aliphatic rings. The van der Waals surface area contributed by atoms with Gasteiger partial charge in [-0.3, -0.25) is 9.48 Å². The van der Waals surface area contributed by atoms with Crippen LogP contribution in [0, 0.1) is 0 Å². The van der Waals surface area contributed by atoms with E-state index in [2.05, 4.69) is 15.7 Å². The van der Waals surface area contributed by atoms with E-state index in [1.54, 1.807) is 25.6 Å². The summed E-state index contributed by atoms with van der Waals surface area (Å²) in [6.45, 7) is 6.66. The number of aryl methyl sites for hydroxylation is 1. The second kappa shape index (κ2) is 7.64. The fourth-order valence-electron chi connectivity index (χ4n) is 1.72. The molecule has 0 aromatic carbocycles. The fourth-order valence-corrected chi connectivity index (χ4v) is 1.72. The number of likely N-dealkylation sites (N-methyl/N-ethyl adjacent to an activating group) is 1. The first-order valence-electron chi connectivity index (χ1n) is 6.70. The maximum atomic E-state index is 11.8. The second-order valence-corrected chi connectivity index (χ2v) is 4.35. The molecule has 7 nitrogen and oxygen atoms in total. The van der Waals surface area contributed by atoms with Gasteiger partial charge in [-0.15, -0.1) is 0 Å². The van der Waals surface area contributed by atoms with Crippen LogP contribution in [0.4, 0.5) is 0 Å². The molecule has 1 unspecified atom stereocenters. The minimum Gasteiger partial charge on any atom is -0.462 e. The average Bonchev–Trinajstić information content (AvgIpc) is 2.78. The van der Waals surface area contributed by atoms with Crippen LogP contribution in [0.3, 0.4) is 0 Å². The zero-order chi connectivity index (χ0) is 15.1. The van der Waals surface area contributed by atoms with Gasteiger partial charge in [0.25, 0.3) is 0 Å². The predicted molar refractivity (Wildman–Crippen MR) is 74.1 cm³/mol. The molecule has 0 saturated heterocycles. The van der Waals surface area contributed by atoms with Gasteiger partial charge in [-0.2, -0.15) is 5.10 Å². The van der Waals surface area contributed by atoms with E-state index in [1.807, 2.05) is 6.92 Å². The summed E-state index contributed by atoms with van der Waals surface area (Å²) in [7, 11) is 1.75. The van der Waals surface area contributed by atoms with Crippen LogP contribution >= 0.6 is 0 Å².